The molecule has 2 unspecified atom stereocenters. The van der Waals surface area contributed by atoms with Gasteiger partial charge in [0.05, 0.1) is 0 Å². The fourth-order valence-electron chi connectivity index (χ4n) is 2.06. The molecule has 1 fully saturated rings. The highest BCUT2D eigenvalue weighted by molar-refractivity contribution is 5.73. The van der Waals surface area contributed by atoms with Crippen molar-refractivity contribution in [2.75, 3.05) is 0 Å². The zero-order chi connectivity index (χ0) is 10.6. The van der Waals surface area contributed by atoms with Crippen molar-refractivity contribution in [2.45, 2.75) is 50.7 Å². The second-order valence-corrected chi connectivity index (χ2v) is 4.06. The highest BCUT2D eigenvalue weighted by atomic mass is 19.1. The molecule has 0 spiro atoms. The minimum atomic E-state index is -1.38. The molecule has 82 valence electrons. The van der Waals surface area contributed by atoms with Crippen molar-refractivity contribution >= 4 is 5.97 Å². The van der Waals surface area contributed by atoms with Crippen molar-refractivity contribution in [3.8, 4) is 0 Å². The van der Waals surface area contributed by atoms with E-state index in [0.29, 0.717) is 0 Å². The van der Waals surface area contributed by atoms with Gasteiger partial charge in [-0.1, -0.05) is 25.7 Å². The maximum Gasteiger partial charge on any atom is 0.323 e. The van der Waals surface area contributed by atoms with Crippen molar-refractivity contribution in [1.29, 1.82) is 0 Å². The molecule has 0 aromatic heterocycles. The summed E-state index contributed by atoms with van der Waals surface area (Å²) in [7, 11) is 0. The normalized spacial score (nSPS) is 23.9. The first-order chi connectivity index (χ1) is 6.63. The number of carbonyl (C=O) groups is 1. The molecule has 0 radical (unpaired) electrons. The Kier molecular flexibility index (Phi) is 4.32. The van der Waals surface area contributed by atoms with Gasteiger partial charge in [-0.15, -0.1) is 0 Å². The Balaban J connectivity index is 2.48. The Morgan fingerprint density at radius 2 is 1.79 bits per heavy atom. The molecule has 0 aliphatic heterocycles. The smallest absolute Gasteiger partial charge is 0.323 e. The number of carboxylic acid groups (broad SMARTS) is 1. The molecular formula is C10H18FNO2. The minimum Gasteiger partial charge on any atom is -0.480 e. The third kappa shape index (κ3) is 2.94. The van der Waals surface area contributed by atoms with Crippen LogP contribution in [0.15, 0.2) is 0 Å². The molecule has 0 aromatic rings. The molecular weight excluding hydrogens is 185 g/mol. The van der Waals surface area contributed by atoms with Crippen LogP contribution in [0, 0.1) is 5.92 Å². The minimum absolute atomic E-state index is 0.149. The summed E-state index contributed by atoms with van der Waals surface area (Å²) in [6.45, 7) is 0. The summed E-state index contributed by atoms with van der Waals surface area (Å²) in [6, 6.07) is -1.35. The molecule has 0 heterocycles. The van der Waals surface area contributed by atoms with Gasteiger partial charge in [-0.3, -0.25) is 4.79 Å². The summed E-state index contributed by atoms with van der Waals surface area (Å²) in [5, 5.41) is 8.59. The molecule has 2 atom stereocenters. The van der Waals surface area contributed by atoms with E-state index in [1.165, 1.54) is 0 Å². The summed E-state index contributed by atoms with van der Waals surface area (Å²) >= 11 is 0. The first kappa shape index (κ1) is 11.4. The van der Waals surface area contributed by atoms with E-state index in [0.717, 1.165) is 38.5 Å². The van der Waals surface area contributed by atoms with E-state index < -0.39 is 18.2 Å². The maximum atomic E-state index is 13.6. The molecule has 14 heavy (non-hydrogen) atoms. The van der Waals surface area contributed by atoms with Crippen LogP contribution in [0.4, 0.5) is 4.39 Å². The predicted octanol–water partition coefficient (Wildman–Crippen LogP) is 1.71. The first-order valence-corrected chi connectivity index (χ1v) is 5.25. The second kappa shape index (κ2) is 5.29. The van der Waals surface area contributed by atoms with E-state index >= 15 is 0 Å². The monoisotopic (exact) mass is 203 g/mol. The quantitative estimate of drug-likeness (QED) is 0.686. The second-order valence-electron chi connectivity index (χ2n) is 4.06. The number of aliphatic carboxylic acids is 1. The van der Waals surface area contributed by atoms with Gasteiger partial charge < -0.3 is 10.8 Å². The van der Waals surface area contributed by atoms with Gasteiger partial charge in [-0.25, -0.2) is 4.39 Å². The SMILES string of the molecule is NC(C(=O)O)C(F)C1CCCCCC1. The summed E-state index contributed by atoms with van der Waals surface area (Å²) in [6.07, 6.45) is 4.43. The molecule has 0 aromatic carbocycles. The standard InChI is InChI=1S/C10H18FNO2/c11-8(9(12)10(13)14)7-5-3-1-2-4-6-7/h7-9H,1-6,12H2,(H,13,14). The number of carboxylic acids is 1. The number of hydrogen-bond donors (Lipinski definition) is 2. The van der Waals surface area contributed by atoms with E-state index in [9.17, 15) is 9.18 Å². The summed E-state index contributed by atoms with van der Waals surface area (Å²) in [5.74, 6) is -1.38. The molecule has 0 bridgehead atoms. The summed E-state index contributed by atoms with van der Waals surface area (Å²) in [5.41, 5.74) is 5.27. The Morgan fingerprint density at radius 3 is 2.21 bits per heavy atom. The molecule has 3 N–H and O–H groups in total. The van der Waals surface area contributed by atoms with Crippen molar-refractivity contribution in [2.24, 2.45) is 11.7 Å². The third-order valence-corrected chi connectivity index (χ3v) is 2.98. The lowest BCUT2D eigenvalue weighted by molar-refractivity contribution is -0.140. The Morgan fingerprint density at radius 1 is 1.29 bits per heavy atom. The predicted molar refractivity (Wildman–Crippen MR) is 51.7 cm³/mol. The highest BCUT2D eigenvalue weighted by Crippen LogP contribution is 2.28. The van der Waals surface area contributed by atoms with Gasteiger partial charge in [-0.2, -0.15) is 0 Å². The number of halogens is 1. The fraction of sp³-hybridized carbons (Fsp3) is 0.900. The van der Waals surface area contributed by atoms with E-state index in [-0.39, 0.29) is 5.92 Å². The average molecular weight is 203 g/mol. The van der Waals surface area contributed by atoms with Gasteiger partial charge in [0.2, 0.25) is 0 Å². The summed E-state index contributed by atoms with van der Waals surface area (Å²) in [4.78, 5) is 10.5. The lowest BCUT2D eigenvalue weighted by Crippen LogP contribution is -2.43. The van der Waals surface area contributed by atoms with Crippen LogP contribution in [-0.4, -0.2) is 23.3 Å². The summed E-state index contributed by atoms with van der Waals surface area (Å²) < 4.78 is 13.6. The Labute approximate surface area is 83.5 Å². The highest BCUT2D eigenvalue weighted by Gasteiger charge is 2.31. The first-order valence-electron chi connectivity index (χ1n) is 5.25. The van der Waals surface area contributed by atoms with Crippen LogP contribution in [-0.2, 0) is 4.79 Å². The van der Waals surface area contributed by atoms with Gasteiger partial charge >= 0.3 is 5.97 Å². The van der Waals surface area contributed by atoms with Gasteiger partial charge in [-0.05, 0) is 18.8 Å². The molecule has 1 rings (SSSR count). The van der Waals surface area contributed by atoms with E-state index in [1.54, 1.807) is 0 Å². The van der Waals surface area contributed by atoms with Gasteiger partial charge in [0.1, 0.15) is 12.2 Å². The molecule has 3 nitrogen and oxygen atoms in total. The van der Waals surface area contributed by atoms with Crippen LogP contribution < -0.4 is 5.73 Å². The molecule has 4 heteroatoms. The molecule has 0 amide bonds. The third-order valence-electron chi connectivity index (χ3n) is 2.98. The van der Waals surface area contributed by atoms with Crippen LogP contribution in [0.2, 0.25) is 0 Å². The lowest BCUT2D eigenvalue weighted by Gasteiger charge is -2.21. The maximum absolute atomic E-state index is 13.6. The Bertz CT molecular complexity index is 191. The zero-order valence-electron chi connectivity index (χ0n) is 8.29. The largest absolute Gasteiger partial charge is 0.480 e. The van der Waals surface area contributed by atoms with E-state index in [2.05, 4.69) is 0 Å². The fourth-order valence-corrected chi connectivity index (χ4v) is 2.06. The van der Waals surface area contributed by atoms with Crippen molar-refractivity contribution < 1.29 is 14.3 Å². The number of hydrogen-bond acceptors (Lipinski definition) is 2. The van der Waals surface area contributed by atoms with E-state index in [4.69, 9.17) is 10.8 Å². The van der Waals surface area contributed by atoms with Crippen LogP contribution >= 0.6 is 0 Å². The van der Waals surface area contributed by atoms with Gasteiger partial charge in [0.15, 0.2) is 0 Å². The number of rotatable bonds is 3. The van der Waals surface area contributed by atoms with Gasteiger partial charge in [0, 0.05) is 0 Å². The van der Waals surface area contributed by atoms with Gasteiger partial charge in [0.25, 0.3) is 0 Å². The van der Waals surface area contributed by atoms with Crippen LogP contribution in [0.1, 0.15) is 38.5 Å². The molecule has 1 aliphatic rings. The molecule has 1 aliphatic carbocycles. The number of nitrogens with two attached hydrogens (primary N) is 1. The Hall–Kier alpha value is -0.640. The van der Waals surface area contributed by atoms with Crippen LogP contribution in [0.25, 0.3) is 0 Å². The number of alkyl halides is 1. The molecule has 0 saturated heterocycles. The van der Waals surface area contributed by atoms with Crippen molar-refractivity contribution in [3.05, 3.63) is 0 Å². The van der Waals surface area contributed by atoms with Crippen LogP contribution in [0.5, 0.6) is 0 Å². The lowest BCUT2D eigenvalue weighted by atomic mass is 9.91. The zero-order valence-corrected chi connectivity index (χ0v) is 8.29. The topological polar surface area (TPSA) is 63.3 Å². The van der Waals surface area contributed by atoms with Crippen molar-refractivity contribution in [3.63, 3.8) is 0 Å². The van der Waals surface area contributed by atoms with Crippen LogP contribution in [0.3, 0.4) is 0 Å². The van der Waals surface area contributed by atoms with E-state index in [1.807, 2.05) is 0 Å². The molecule has 1 saturated carbocycles. The van der Waals surface area contributed by atoms with Crippen molar-refractivity contribution in [1.82, 2.24) is 0 Å². The average Bonchev–Trinajstić information content (AvgIpc) is 2.43.